The average Bonchev–Trinajstić information content (AvgIpc) is 3.14. The van der Waals surface area contributed by atoms with E-state index in [0.29, 0.717) is 5.82 Å². The Hall–Kier alpha value is -2.89. The molecule has 2 aromatic rings. The van der Waals surface area contributed by atoms with Gasteiger partial charge in [-0.3, -0.25) is 14.7 Å². The minimum Gasteiger partial charge on any atom is -0.337 e. The number of hydrogen-bond donors (Lipinski definition) is 3. The van der Waals surface area contributed by atoms with Crippen LogP contribution < -0.4 is 10.6 Å². The fourth-order valence-corrected chi connectivity index (χ4v) is 2.74. The highest BCUT2D eigenvalue weighted by Crippen LogP contribution is 2.20. The van der Waals surface area contributed by atoms with Gasteiger partial charge < -0.3 is 10.6 Å². The first-order valence-electron chi connectivity index (χ1n) is 8.09. The van der Waals surface area contributed by atoms with Gasteiger partial charge >= 0.3 is 0 Å². The molecule has 3 N–H and O–H groups in total. The lowest BCUT2D eigenvalue weighted by molar-refractivity contribution is -0.124. The monoisotopic (exact) mass is 324 g/mol. The Morgan fingerprint density at radius 3 is 2.62 bits per heavy atom. The number of rotatable bonds is 5. The first-order valence-corrected chi connectivity index (χ1v) is 8.09. The summed E-state index contributed by atoms with van der Waals surface area (Å²) in [6.45, 7) is 0. The summed E-state index contributed by atoms with van der Waals surface area (Å²) in [6.07, 6.45) is 7.32. The molecule has 1 unspecified atom stereocenters. The molecule has 1 aliphatic rings. The predicted molar refractivity (Wildman–Crippen MR) is 91.1 cm³/mol. The molecule has 0 aliphatic heterocycles. The molecule has 6 nitrogen and oxygen atoms in total. The number of H-pyrrole nitrogens is 1. The van der Waals surface area contributed by atoms with Crippen molar-refractivity contribution in [3.8, 4) is 0 Å². The zero-order chi connectivity index (χ0) is 16.8. The molecule has 6 heteroatoms. The van der Waals surface area contributed by atoms with Gasteiger partial charge in [-0.1, -0.05) is 36.4 Å². The predicted octanol–water partition coefficient (Wildman–Crippen LogP) is 2.71. The van der Waals surface area contributed by atoms with Gasteiger partial charge in [-0.25, -0.2) is 0 Å². The quantitative estimate of drug-likeness (QED) is 0.790. The molecule has 1 aromatic carbocycles. The molecule has 0 spiro atoms. The number of benzene rings is 1. The Bertz CT molecular complexity index is 723. The van der Waals surface area contributed by atoms with Crippen LogP contribution in [0.1, 0.15) is 37.3 Å². The average molecular weight is 324 g/mol. The summed E-state index contributed by atoms with van der Waals surface area (Å²) in [5, 5.41) is 12.1. The molecular formula is C18H20N4O2. The fraction of sp³-hybridized carbons (Fsp3) is 0.278. The third-order valence-corrected chi connectivity index (χ3v) is 4.01. The van der Waals surface area contributed by atoms with Crippen LogP contribution >= 0.6 is 0 Å². The minimum absolute atomic E-state index is 0.177. The van der Waals surface area contributed by atoms with E-state index in [1.54, 1.807) is 12.3 Å². The number of aromatic nitrogens is 2. The molecule has 1 aliphatic carbocycles. The summed E-state index contributed by atoms with van der Waals surface area (Å²) in [4.78, 5) is 25.1. The van der Waals surface area contributed by atoms with E-state index in [1.807, 2.05) is 36.4 Å². The van der Waals surface area contributed by atoms with Crippen molar-refractivity contribution in [1.29, 1.82) is 0 Å². The maximum atomic E-state index is 12.6. The smallest absolute Gasteiger partial charge is 0.252 e. The number of aromatic amines is 1. The molecule has 0 saturated carbocycles. The second kappa shape index (κ2) is 7.59. The van der Waals surface area contributed by atoms with E-state index in [4.69, 9.17) is 0 Å². The largest absolute Gasteiger partial charge is 0.337 e. The van der Waals surface area contributed by atoms with Gasteiger partial charge in [-0.2, -0.15) is 5.10 Å². The van der Waals surface area contributed by atoms with E-state index in [0.717, 1.165) is 36.8 Å². The molecule has 3 rings (SSSR count). The van der Waals surface area contributed by atoms with E-state index in [9.17, 15) is 9.59 Å². The highest BCUT2D eigenvalue weighted by Gasteiger charge is 2.24. The summed E-state index contributed by atoms with van der Waals surface area (Å²) >= 11 is 0. The van der Waals surface area contributed by atoms with Crippen LogP contribution in [0.4, 0.5) is 5.82 Å². The van der Waals surface area contributed by atoms with Crippen molar-refractivity contribution in [2.75, 3.05) is 5.32 Å². The summed E-state index contributed by atoms with van der Waals surface area (Å²) in [6, 6.07) is 10.1. The summed E-state index contributed by atoms with van der Waals surface area (Å²) in [5.41, 5.74) is 1.50. The Balaban J connectivity index is 1.78. The van der Waals surface area contributed by atoms with Crippen LogP contribution in [0.3, 0.4) is 0 Å². The standard InChI is InChI=1S/C18H20N4O2/c23-17(14-9-5-2-6-10-14)21-16(13-7-3-1-4-8-13)18(24)20-15-11-12-19-22-15/h1,3-4,7-9,11-12,16H,2,5-6,10H2,(H,21,23)(H2,19,20,22,24). The van der Waals surface area contributed by atoms with Crippen molar-refractivity contribution < 1.29 is 9.59 Å². The molecule has 1 atom stereocenters. The van der Waals surface area contributed by atoms with E-state index in [-0.39, 0.29) is 11.8 Å². The minimum atomic E-state index is -0.759. The lowest BCUT2D eigenvalue weighted by Crippen LogP contribution is -2.38. The van der Waals surface area contributed by atoms with Crippen LogP contribution in [0, 0.1) is 0 Å². The maximum absolute atomic E-state index is 12.6. The summed E-state index contributed by atoms with van der Waals surface area (Å²) in [7, 11) is 0. The molecule has 1 aromatic heterocycles. The number of anilines is 1. The Labute approximate surface area is 140 Å². The SMILES string of the molecule is O=C(NC(C(=O)Nc1ccn[nH]1)c1ccccc1)C1=CCCCC1. The first-order chi connectivity index (χ1) is 11.7. The normalized spacial score (nSPS) is 15.2. The first kappa shape index (κ1) is 16.0. The lowest BCUT2D eigenvalue weighted by Gasteiger charge is -2.20. The highest BCUT2D eigenvalue weighted by molar-refractivity contribution is 6.01. The topological polar surface area (TPSA) is 86.9 Å². The molecule has 0 fully saturated rings. The number of allylic oxidation sites excluding steroid dienone is 1. The number of carbonyl (C=O) groups is 2. The van der Waals surface area contributed by atoms with Crippen LogP contribution in [0.25, 0.3) is 0 Å². The number of carbonyl (C=O) groups excluding carboxylic acids is 2. The number of amides is 2. The highest BCUT2D eigenvalue weighted by atomic mass is 16.2. The fourth-order valence-electron chi connectivity index (χ4n) is 2.74. The second-order valence-electron chi connectivity index (χ2n) is 5.75. The van der Waals surface area contributed by atoms with Crippen molar-refractivity contribution in [3.05, 3.63) is 59.8 Å². The molecular weight excluding hydrogens is 304 g/mol. The van der Waals surface area contributed by atoms with E-state index >= 15 is 0 Å². The lowest BCUT2D eigenvalue weighted by atomic mass is 9.98. The van der Waals surface area contributed by atoms with Gasteiger partial charge in [0.1, 0.15) is 11.9 Å². The molecule has 24 heavy (non-hydrogen) atoms. The Morgan fingerprint density at radius 1 is 1.12 bits per heavy atom. The molecule has 0 radical (unpaired) electrons. The van der Waals surface area contributed by atoms with Crippen LogP contribution in [0.2, 0.25) is 0 Å². The van der Waals surface area contributed by atoms with Gasteiger partial charge in [0.15, 0.2) is 0 Å². The van der Waals surface area contributed by atoms with Gasteiger partial charge in [0.05, 0.1) is 6.20 Å². The third-order valence-electron chi connectivity index (χ3n) is 4.01. The van der Waals surface area contributed by atoms with Gasteiger partial charge in [0.2, 0.25) is 5.91 Å². The van der Waals surface area contributed by atoms with Crippen LogP contribution in [0.5, 0.6) is 0 Å². The Kier molecular flexibility index (Phi) is 5.05. The molecule has 124 valence electrons. The second-order valence-corrected chi connectivity index (χ2v) is 5.75. The van der Waals surface area contributed by atoms with E-state index < -0.39 is 6.04 Å². The van der Waals surface area contributed by atoms with Crippen molar-refractivity contribution in [3.63, 3.8) is 0 Å². The summed E-state index contributed by atoms with van der Waals surface area (Å²) < 4.78 is 0. The van der Waals surface area contributed by atoms with Crippen molar-refractivity contribution in [1.82, 2.24) is 15.5 Å². The molecule has 2 amide bonds. The van der Waals surface area contributed by atoms with Crippen LogP contribution in [-0.2, 0) is 9.59 Å². The van der Waals surface area contributed by atoms with E-state index in [1.165, 1.54) is 0 Å². The molecule has 0 saturated heterocycles. The van der Waals surface area contributed by atoms with Gasteiger partial charge in [0.25, 0.3) is 5.91 Å². The van der Waals surface area contributed by atoms with E-state index in [2.05, 4.69) is 20.8 Å². The third kappa shape index (κ3) is 3.90. The number of nitrogens with zero attached hydrogens (tertiary/aromatic N) is 1. The van der Waals surface area contributed by atoms with Crippen molar-refractivity contribution in [2.45, 2.75) is 31.7 Å². The van der Waals surface area contributed by atoms with Crippen molar-refractivity contribution in [2.24, 2.45) is 0 Å². The van der Waals surface area contributed by atoms with Gasteiger partial charge in [-0.05, 0) is 31.2 Å². The Morgan fingerprint density at radius 2 is 1.96 bits per heavy atom. The van der Waals surface area contributed by atoms with Crippen molar-refractivity contribution >= 4 is 17.6 Å². The molecule has 0 bridgehead atoms. The zero-order valence-corrected chi connectivity index (χ0v) is 13.3. The summed E-state index contributed by atoms with van der Waals surface area (Å²) in [5.74, 6) is 0.00517. The number of nitrogens with one attached hydrogen (secondary N) is 3. The zero-order valence-electron chi connectivity index (χ0n) is 13.3. The van der Waals surface area contributed by atoms with Gasteiger partial charge in [-0.15, -0.1) is 0 Å². The van der Waals surface area contributed by atoms with Gasteiger partial charge in [0, 0.05) is 11.6 Å². The van der Waals surface area contributed by atoms with Crippen LogP contribution in [0.15, 0.2) is 54.2 Å². The number of hydrogen-bond acceptors (Lipinski definition) is 3. The maximum Gasteiger partial charge on any atom is 0.252 e. The molecule has 1 heterocycles. The van der Waals surface area contributed by atoms with Crippen LogP contribution in [-0.4, -0.2) is 22.0 Å².